The normalized spacial score (nSPS) is 27.8. The third-order valence-corrected chi connectivity index (χ3v) is 8.58. The molecule has 36 heavy (non-hydrogen) atoms. The second kappa shape index (κ2) is 12.8. The Balaban J connectivity index is 1.58. The lowest BCUT2D eigenvalue weighted by atomic mass is 9.54. The number of rotatable bonds is 13. The summed E-state index contributed by atoms with van der Waals surface area (Å²) in [6, 6.07) is 20.4. The Kier molecular flexibility index (Phi) is 9.55. The molecule has 0 aromatic heterocycles. The quantitative estimate of drug-likeness (QED) is 0.258. The molecule has 2 aromatic carbocycles. The average Bonchev–Trinajstić information content (AvgIpc) is 3.37. The lowest BCUT2D eigenvalue weighted by Gasteiger charge is -2.53. The maximum absolute atomic E-state index is 11.2. The third-order valence-electron chi connectivity index (χ3n) is 8.58. The van der Waals surface area contributed by atoms with Crippen molar-refractivity contribution in [2.24, 2.45) is 16.7 Å². The van der Waals surface area contributed by atoms with E-state index in [2.05, 4.69) is 36.9 Å². The summed E-state index contributed by atoms with van der Waals surface area (Å²) < 4.78 is 12.7. The monoisotopic (exact) mass is 490 g/mol. The molecule has 1 saturated carbocycles. The van der Waals surface area contributed by atoms with Gasteiger partial charge in [0.2, 0.25) is 0 Å². The number of hydrogen-bond donors (Lipinski definition) is 2. The van der Waals surface area contributed by atoms with E-state index in [1.165, 1.54) is 5.57 Å². The average molecular weight is 491 g/mol. The van der Waals surface area contributed by atoms with Gasteiger partial charge in [-0.1, -0.05) is 78.4 Å². The minimum atomic E-state index is -0.636. The Bertz CT molecular complexity index is 972. The van der Waals surface area contributed by atoms with Crippen molar-refractivity contribution in [1.29, 1.82) is 0 Å². The van der Waals surface area contributed by atoms with Crippen LogP contribution in [0.25, 0.3) is 0 Å². The number of benzene rings is 2. The van der Waals surface area contributed by atoms with Crippen LogP contribution in [0, 0.1) is 16.7 Å². The SMILES string of the molecule is C=CC[C@@]1(CO)[C@H](OCc2ccccc2)CC[C@H]2CCC=C2[C@]1(CO)CCCOCc1ccccc1. The zero-order chi connectivity index (χ0) is 25.3. The standard InChI is InChI=1S/C32H42O4/c1-2-19-32(25-34)30(36-23-27-13-7-4-8-14-27)18-17-28-15-9-16-29(28)31(32,24-33)20-10-21-35-22-26-11-5-3-6-12-26/h2-8,11-14,16,28,30,33-34H,1,9-10,15,17-25H2/t28-,30-,31-,32-/m1/s1. The molecule has 194 valence electrons. The largest absolute Gasteiger partial charge is 0.396 e. The zero-order valence-electron chi connectivity index (χ0n) is 21.5. The van der Waals surface area contributed by atoms with Crippen molar-refractivity contribution < 1.29 is 19.7 Å². The number of aliphatic hydroxyl groups excluding tert-OH is 2. The second-order valence-electron chi connectivity index (χ2n) is 10.5. The van der Waals surface area contributed by atoms with Crippen LogP contribution < -0.4 is 0 Å². The van der Waals surface area contributed by atoms with Gasteiger partial charge in [0.1, 0.15) is 0 Å². The summed E-state index contributed by atoms with van der Waals surface area (Å²) in [5.41, 5.74) is 2.41. The van der Waals surface area contributed by atoms with Crippen LogP contribution in [0.1, 0.15) is 56.1 Å². The lowest BCUT2D eigenvalue weighted by molar-refractivity contribution is -0.144. The first kappa shape index (κ1) is 26.8. The molecule has 2 aliphatic carbocycles. The Morgan fingerprint density at radius 2 is 1.58 bits per heavy atom. The molecule has 0 heterocycles. The van der Waals surface area contributed by atoms with Crippen molar-refractivity contribution in [1.82, 2.24) is 0 Å². The summed E-state index contributed by atoms with van der Waals surface area (Å²) in [6.07, 6.45) is 10.3. The van der Waals surface area contributed by atoms with Gasteiger partial charge in [0.25, 0.3) is 0 Å². The fourth-order valence-corrected chi connectivity index (χ4v) is 6.75. The van der Waals surface area contributed by atoms with E-state index in [-0.39, 0.29) is 19.3 Å². The van der Waals surface area contributed by atoms with Crippen molar-refractivity contribution in [3.63, 3.8) is 0 Å². The lowest BCUT2D eigenvalue weighted by Crippen LogP contribution is -2.55. The van der Waals surface area contributed by atoms with Gasteiger partial charge >= 0.3 is 0 Å². The third kappa shape index (κ3) is 5.52. The van der Waals surface area contributed by atoms with Gasteiger partial charge in [0, 0.05) is 17.4 Å². The maximum Gasteiger partial charge on any atom is 0.0720 e. The summed E-state index contributed by atoms with van der Waals surface area (Å²) in [4.78, 5) is 0. The first-order chi connectivity index (χ1) is 17.7. The molecular formula is C32H42O4. The molecule has 0 bridgehead atoms. The van der Waals surface area contributed by atoms with Gasteiger partial charge in [0.05, 0.1) is 32.5 Å². The number of hydrogen-bond acceptors (Lipinski definition) is 4. The van der Waals surface area contributed by atoms with Crippen molar-refractivity contribution in [3.8, 4) is 0 Å². The Hall–Kier alpha value is -2.24. The number of ether oxygens (including phenoxy) is 2. The van der Waals surface area contributed by atoms with Crippen LogP contribution in [-0.2, 0) is 22.7 Å². The molecule has 0 aliphatic heterocycles. The molecule has 4 nitrogen and oxygen atoms in total. The molecule has 0 radical (unpaired) electrons. The molecule has 0 unspecified atom stereocenters. The van der Waals surface area contributed by atoms with Crippen molar-refractivity contribution >= 4 is 0 Å². The van der Waals surface area contributed by atoms with Gasteiger partial charge in [-0.25, -0.2) is 0 Å². The van der Waals surface area contributed by atoms with Crippen LogP contribution >= 0.6 is 0 Å². The molecule has 4 heteroatoms. The van der Waals surface area contributed by atoms with Crippen molar-refractivity contribution in [3.05, 3.63) is 96.1 Å². The fourth-order valence-electron chi connectivity index (χ4n) is 6.75. The second-order valence-corrected chi connectivity index (χ2v) is 10.5. The molecule has 0 amide bonds. The molecule has 2 aliphatic rings. The first-order valence-electron chi connectivity index (χ1n) is 13.5. The van der Waals surface area contributed by atoms with Crippen molar-refractivity contribution in [2.45, 2.75) is 64.3 Å². The van der Waals surface area contributed by atoms with Crippen LogP contribution in [0.4, 0.5) is 0 Å². The van der Waals surface area contributed by atoms with Gasteiger partial charge in [-0.3, -0.25) is 0 Å². The van der Waals surface area contributed by atoms with Crippen molar-refractivity contribution in [2.75, 3.05) is 19.8 Å². The van der Waals surface area contributed by atoms with Gasteiger partial charge < -0.3 is 19.7 Å². The van der Waals surface area contributed by atoms with Crippen LogP contribution in [0.5, 0.6) is 0 Å². The van der Waals surface area contributed by atoms with Crippen LogP contribution in [0.2, 0.25) is 0 Å². The summed E-state index contributed by atoms with van der Waals surface area (Å²) in [5, 5.41) is 22.3. The van der Waals surface area contributed by atoms with E-state index in [9.17, 15) is 10.2 Å². The maximum atomic E-state index is 11.2. The van der Waals surface area contributed by atoms with Crippen LogP contribution in [-0.4, -0.2) is 36.1 Å². The summed E-state index contributed by atoms with van der Waals surface area (Å²) in [7, 11) is 0. The Morgan fingerprint density at radius 3 is 2.22 bits per heavy atom. The Morgan fingerprint density at radius 1 is 0.889 bits per heavy atom. The van der Waals surface area contributed by atoms with E-state index in [4.69, 9.17) is 9.47 Å². The zero-order valence-corrected chi connectivity index (χ0v) is 21.5. The fraction of sp³-hybridized carbons (Fsp3) is 0.500. The predicted molar refractivity (Wildman–Crippen MR) is 144 cm³/mol. The highest BCUT2D eigenvalue weighted by Gasteiger charge is 2.59. The van der Waals surface area contributed by atoms with Gasteiger partial charge in [0.15, 0.2) is 0 Å². The highest BCUT2D eigenvalue weighted by atomic mass is 16.5. The van der Waals surface area contributed by atoms with E-state index in [0.29, 0.717) is 32.2 Å². The van der Waals surface area contributed by atoms with E-state index >= 15 is 0 Å². The number of fused-ring (bicyclic) bond motifs is 1. The molecule has 4 rings (SSSR count). The highest BCUT2D eigenvalue weighted by Crippen LogP contribution is 2.60. The smallest absolute Gasteiger partial charge is 0.0720 e. The first-order valence-corrected chi connectivity index (χ1v) is 13.5. The van der Waals surface area contributed by atoms with Gasteiger partial charge in [-0.15, -0.1) is 6.58 Å². The molecule has 1 fully saturated rings. The molecule has 4 atom stereocenters. The molecule has 2 aromatic rings. The molecule has 0 saturated heterocycles. The summed E-state index contributed by atoms with van der Waals surface area (Å²) in [6.45, 7) is 5.70. The van der Waals surface area contributed by atoms with Crippen LogP contribution in [0.15, 0.2) is 85.0 Å². The van der Waals surface area contributed by atoms with E-state index in [0.717, 1.165) is 49.7 Å². The summed E-state index contributed by atoms with van der Waals surface area (Å²) in [5.74, 6) is 0.434. The minimum absolute atomic E-state index is 0.00633. The van der Waals surface area contributed by atoms with E-state index < -0.39 is 10.8 Å². The number of aliphatic hydroxyl groups is 2. The predicted octanol–water partition coefficient (Wildman–Crippen LogP) is 6.23. The Labute approximate surface area is 216 Å². The summed E-state index contributed by atoms with van der Waals surface area (Å²) >= 11 is 0. The van der Waals surface area contributed by atoms with Crippen LogP contribution in [0.3, 0.4) is 0 Å². The van der Waals surface area contributed by atoms with Gasteiger partial charge in [-0.2, -0.15) is 0 Å². The minimum Gasteiger partial charge on any atom is -0.396 e. The highest BCUT2D eigenvalue weighted by molar-refractivity contribution is 5.30. The topological polar surface area (TPSA) is 58.9 Å². The molecule has 0 spiro atoms. The van der Waals surface area contributed by atoms with Gasteiger partial charge in [-0.05, 0) is 62.0 Å². The molecule has 2 N–H and O–H groups in total. The van der Waals surface area contributed by atoms with E-state index in [1.54, 1.807) is 0 Å². The number of allylic oxidation sites excluding steroid dienone is 2. The molecular weight excluding hydrogens is 448 g/mol. The van der Waals surface area contributed by atoms with E-state index in [1.807, 2.05) is 42.5 Å².